The molecule has 0 N–H and O–H groups in total. The Balaban J connectivity index is 0.000000640. The van der Waals surface area contributed by atoms with Crippen LogP contribution >= 0.6 is 0 Å². The maximum atomic E-state index is 3.63. The van der Waals surface area contributed by atoms with E-state index in [4.69, 9.17) is 0 Å². The van der Waals surface area contributed by atoms with Gasteiger partial charge in [0, 0.05) is 21.7 Å². The van der Waals surface area contributed by atoms with Crippen LogP contribution in [0.4, 0.5) is 0 Å². The van der Waals surface area contributed by atoms with Crippen LogP contribution in [-0.4, -0.2) is 0 Å². The van der Waals surface area contributed by atoms with Crippen molar-refractivity contribution in [2.75, 3.05) is 0 Å². The van der Waals surface area contributed by atoms with E-state index in [1.54, 1.807) is 0 Å². The van der Waals surface area contributed by atoms with E-state index < -0.39 is 0 Å². The Hall–Kier alpha value is -0.326. The SMILES string of the molecule is C=Cc1ccccc1.[Ti]. The monoisotopic (exact) mass is 152 g/mol. The van der Waals surface area contributed by atoms with Gasteiger partial charge in [0.25, 0.3) is 0 Å². The smallest absolute Gasteiger partial charge is 0 e. The molecule has 0 unspecified atom stereocenters. The summed E-state index contributed by atoms with van der Waals surface area (Å²) < 4.78 is 0. The van der Waals surface area contributed by atoms with Crippen LogP contribution in [0.1, 0.15) is 5.56 Å². The number of benzene rings is 1. The van der Waals surface area contributed by atoms with E-state index in [0.717, 1.165) is 0 Å². The molecule has 44 valence electrons. The Morgan fingerprint density at radius 1 is 1.11 bits per heavy atom. The average Bonchev–Trinajstić information content (AvgIpc) is 1.90. The van der Waals surface area contributed by atoms with Gasteiger partial charge in [-0.15, -0.1) is 0 Å². The quantitative estimate of drug-likeness (QED) is 0.541. The first-order valence-electron chi connectivity index (χ1n) is 2.61. The minimum absolute atomic E-state index is 0. The second kappa shape index (κ2) is 4.54. The first-order chi connectivity index (χ1) is 3.93. The second-order valence-electron chi connectivity index (χ2n) is 1.61. The molecule has 0 nitrogen and oxygen atoms in total. The van der Waals surface area contributed by atoms with E-state index in [0.29, 0.717) is 0 Å². The van der Waals surface area contributed by atoms with Crippen LogP contribution in [0.3, 0.4) is 0 Å². The Labute approximate surface area is 70.5 Å². The average molecular weight is 152 g/mol. The summed E-state index contributed by atoms with van der Waals surface area (Å²) in [4.78, 5) is 0. The van der Waals surface area contributed by atoms with E-state index in [1.807, 2.05) is 36.4 Å². The molecule has 0 aliphatic rings. The molecule has 1 aromatic rings. The van der Waals surface area contributed by atoms with Gasteiger partial charge in [-0.25, -0.2) is 0 Å². The molecule has 1 aromatic carbocycles. The Kier molecular flexibility index (Phi) is 4.38. The number of rotatable bonds is 1. The molecule has 1 heteroatoms. The topological polar surface area (TPSA) is 0 Å². The third-order valence-corrected chi connectivity index (χ3v) is 1.04. The van der Waals surface area contributed by atoms with Crippen molar-refractivity contribution in [2.24, 2.45) is 0 Å². The summed E-state index contributed by atoms with van der Waals surface area (Å²) in [6.07, 6.45) is 1.83. The molecule has 0 bridgehead atoms. The Bertz CT molecular complexity index is 167. The van der Waals surface area contributed by atoms with E-state index in [-0.39, 0.29) is 21.7 Å². The maximum Gasteiger partial charge on any atom is 0 e. The zero-order chi connectivity index (χ0) is 5.82. The zero-order valence-electron chi connectivity index (χ0n) is 5.17. The van der Waals surface area contributed by atoms with Gasteiger partial charge < -0.3 is 0 Å². The summed E-state index contributed by atoms with van der Waals surface area (Å²) in [6.45, 7) is 3.63. The van der Waals surface area contributed by atoms with Gasteiger partial charge in [-0.2, -0.15) is 0 Å². The Morgan fingerprint density at radius 2 is 1.67 bits per heavy atom. The molecule has 0 heterocycles. The van der Waals surface area contributed by atoms with Gasteiger partial charge in [-0.3, -0.25) is 0 Å². The van der Waals surface area contributed by atoms with Crippen LogP contribution in [0.15, 0.2) is 36.9 Å². The summed E-state index contributed by atoms with van der Waals surface area (Å²) in [6, 6.07) is 10.0. The molecule has 0 radical (unpaired) electrons. The molecular weight excluding hydrogens is 144 g/mol. The Morgan fingerprint density at radius 3 is 2.00 bits per heavy atom. The van der Waals surface area contributed by atoms with Gasteiger partial charge in [-0.1, -0.05) is 43.0 Å². The van der Waals surface area contributed by atoms with Crippen LogP contribution in [0.25, 0.3) is 6.08 Å². The van der Waals surface area contributed by atoms with Crippen LogP contribution < -0.4 is 0 Å². The summed E-state index contributed by atoms with van der Waals surface area (Å²) >= 11 is 0. The molecule has 0 saturated carbocycles. The van der Waals surface area contributed by atoms with Crippen LogP contribution in [0, 0.1) is 0 Å². The van der Waals surface area contributed by atoms with Gasteiger partial charge in [0.15, 0.2) is 0 Å². The second-order valence-corrected chi connectivity index (χ2v) is 1.61. The minimum Gasteiger partial charge on any atom is -0.0985 e. The summed E-state index contributed by atoms with van der Waals surface area (Å²) in [7, 11) is 0. The van der Waals surface area contributed by atoms with Gasteiger partial charge in [0.2, 0.25) is 0 Å². The fourth-order valence-electron chi connectivity index (χ4n) is 0.589. The predicted octanol–water partition coefficient (Wildman–Crippen LogP) is 2.33. The van der Waals surface area contributed by atoms with Crippen molar-refractivity contribution in [1.29, 1.82) is 0 Å². The largest absolute Gasteiger partial charge is 0.0985 e. The molecule has 0 aromatic heterocycles. The molecule has 0 atom stereocenters. The van der Waals surface area contributed by atoms with Crippen LogP contribution in [-0.2, 0) is 21.7 Å². The van der Waals surface area contributed by atoms with Crippen LogP contribution in [0.2, 0.25) is 0 Å². The van der Waals surface area contributed by atoms with Crippen LogP contribution in [0.5, 0.6) is 0 Å². The van der Waals surface area contributed by atoms with Gasteiger partial charge in [-0.05, 0) is 5.56 Å². The van der Waals surface area contributed by atoms with Gasteiger partial charge in [0.05, 0.1) is 0 Å². The van der Waals surface area contributed by atoms with Crippen molar-refractivity contribution >= 4 is 6.08 Å². The number of hydrogen-bond acceptors (Lipinski definition) is 0. The first kappa shape index (κ1) is 8.67. The normalized spacial score (nSPS) is 7.56. The summed E-state index contributed by atoms with van der Waals surface area (Å²) in [5, 5.41) is 0. The minimum atomic E-state index is 0. The zero-order valence-corrected chi connectivity index (χ0v) is 6.73. The number of hydrogen-bond donors (Lipinski definition) is 0. The molecule has 0 amide bonds. The summed E-state index contributed by atoms with van der Waals surface area (Å²) in [5.41, 5.74) is 1.17. The summed E-state index contributed by atoms with van der Waals surface area (Å²) in [5.74, 6) is 0. The van der Waals surface area contributed by atoms with E-state index in [2.05, 4.69) is 6.58 Å². The van der Waals surface area contributed by atoms with Gasteiger partial charge in [0.1, 0.15) is 0 Å². The van der Waals surface area contributed by atoms with Crippen molar-refractivity contribution in [3.63, 3.8) is 0 Å². The third-order valence-electron chi connectivity index (χ3n) is 1.04. The molecule has 1 rings (SSSR count). The van der Waals surface area contributed by atoms with Crippen molar-refractivity contribution in [3.8, 4) is 0 Å². The molecule has 0 fully saturated rings. The fraction of sp³-hybridized carbons (Fsp3) is 0. The maximum absolute atomic E-state index is 3.63. The van der Waals surface area contributed by atoms with Crippen molar-refractivity contribution in [2.45, 2.75) is 0 Å². The molecule has 9 heavy (non-hydrogen) atoms. The standard InChI is InChI=1S/C8H8.Ti/c1-2-8-6-4-3-5-7-8;/h2-7H,1H2;. The van der Waals surface area contributed by atoms with Gasteiger partial charge >= 0.3 is 0 Å². The molecule has 0 aliphatic heterocycles. The molecule has 0 saturated heterocycles. The van der Waals surface area contributed by atoms with E-state index in [9.17, 15) is 0 Å². The van der Waals surface area contributed by atoms with Crippen molar-refractivity contribution in [3.05, 3.63) is 42.5 Å². The van der Waals surface area contributed by atoms with Crippen molar-refractivity contribution < 1.29 is 21.7 Å². The third kappa shape index (κ3) is 2.64. The molecular formula is C8H8Ti. The van der Waals surface area contributed by atoms with E-state index in [1.165, 1.54) is 5.56 Å². The first-order valence-corrected chi connectivity index (χ1v) is 2.61. The van der Waals surface area contributed by atoms with E-state index >= 15 is 0 Å². The molecule has 0 spiro atoms. The predicted molar refractivity (Wildman–Crippen MR) is 36.5 cm³/mol. The van der Waals surface area contributed by atoms with Crippen molar-refractivity contribution in [1.82, 2.24) is 0 Å². The fourth-order valence-corrected chi connectivity index (χ4v) is 0.589. The molecule has 0 aliphatic carbocycles.